The summed E-state index contributed by atoms with van der Waals surface area (Å²) >= 11 is 0. The van der Waals surface area contributed by atoms with Gasteiger partial charge in [-0.15, -0.1) is 0 Å². The van der Waals surface area contributed by atoms with Crippen LogP contribution in [0.5, 0.6) is 0 Å². The van der Waals surface area contributed by atoms with Gasteiger partial charge in [-0.05, 0) is 6.42 Å². The number of rotatable bonds is 2. The quantitative estimate of drug-likeness (QED) is 0.662. The van der Waals surface area contributed by atoms with Crippen LogP contribution in [0.4, 0.5) is 0 Å². The third-order valence-electron chi connectivity index (χ3n) is 2.38. The maximum absolute atomic E-state index is 11.4. The molecule has 1 amide bonds. The molecule has 12 heavy (non-hydrogen) atoms. The summed E-state index contributed by atoms with van der Waals surface area (Å²) < 4.78 is 0. The molecule has 0 radical (unpaired) electrons. The Labute approximate surface area is 73.4 Å². The van der Waals surface area contributed by atoms with Crippen molar-refractivity contribution in [2.75, 3.05) is 13.1 Å². The summed E-state index contributed by atoms with van der Waals surface area (Å²) in [7, 11) is 0. The molecule has 1 N–H and O–H groups in total. The van der Waals surface area contributed by atoms with E-state index in [0.717, 1.165) is 13.0 Å². The Morgan fingerprint density at radius 2 is 2.25 bits per heavy atom. The first-order valence-electron chi connectivity index (χ1n) is 4.46. The van der Waals surface area contributed by atoms with Crippen LogP contribution in [0.25, 0.3) is 0 Å². The van der Waals surface area contributed by atoms with E-state index in [1.807, 2.05) is 20.8 Å². The van der Waals surface area contributed by atoms with Gasteiger partial charge < -0.3 is 10.0 Å². The van der Waals surface area contributed by atoms with Crippen molar-refractivity contribution in [2.45, 2.75) is 33.3 Å². The molecule has 1 rings (SSSR count). The number of nitrogens with zero attached hydrogens (tertiary/aromatic N) is 1. The second-order valence-electron chi connectivity index (χ2n) is 4.15. The number of likely N-dealkylation sites (tertiary alicyclic amines) is 1. The Kier molecular flexibility index (Phi) is 2.42. The Bertz CT molecular complexity index is 189. The summed E-state index contributed by atoms with van der Waals surface area (Å²) in [5.41, 5.74) is -0.272. The summed E-state index contributed by atoms with van der Waals surface area (Å²) in [5, 5.41) is 9.53. The lowest BCUT2D eigenvalue weighted by atomic mass is 9.90. The molecule has 0 aromatic rings. The van der Waals surface area contributed by atoms with Crippen molar-refractivity contribution in [3.05, 3.63) is 0 Å². The van der Waals surface area contributed by atoms with Gasteiger partial charge in [0.2, 0.25) is 0 Å². The van der Waals surface area contributed by atoms with Crippen molar-refractivity contribution < 1.29 is 9.90 Å². The van der Waals surface area contributed by atoms with Gasteiger partial charge in [-0.3, -0.25) is 4.79 Å². The molecule has 0 spiro atoms. The van der Waals surface area contributed by atoms with E-state index in [4.69, 9.17) is 0 Å². The van der Waals surface area contributed by atoms with Gasteiger partial charge in [-0.25, -0.2) is 0 Å². The molecule has 70 valence electrons. The van der Waals surface area contributed by atoms with Crippen LogP contribution >= 0.6 is 0 Å². The fourth-order valence-corrected chi connectivity index (χ4v) is 1.62. The summed E-state index contributed by atoms with van der Waals surface area (Å²) in [6.45, 7) is 7.32. The number of amides is 1. The molecule has 1 heterocycles. The molecule has 3 heteroatoms. The second-order valence-corrected chi connectivity index (χ2v) is 4.15. The van der Waals surface area contributed by atoms with E-state index in [2.05, 4.69) is 0 Å². The van der Waals surface area contributed by atoms with E-state index in [0.29, 0.717) is 6.54 Å². The highest BCUT2D eigenvalue weighted by atomic mass is 16.3. The lowest BCUT2D eigenvalue weighted by molar-refractivity contribution is -0.135. The van der Waals surface area contributed by atoms with Crippen LogP contribution in [0, 0.1) is 5.41 Å². The maximum atomic E-state index is 11.4. The topological polar surface area (TPSA) is 40.5 Å². The average Bonchev–Trinajstić information content (AvgIpc) is 2.16. The molecule has 0 aromatic heterocycles. The van der Waals surface area contributed by atoms with Gasteiger partial charge in [0.1, 0.15) is 6.10 Å². The number of hydrogen-bond donors (Lipinski definition) is 1. The standard InChI is InChI=1S/C9H17NO2/c1-4-5-10-6-9(2,3)7(11)8(10)12/h7,11H,4-6H2,1-3H3/t7-/m0/s1. The predicted octanol–water partition coefficient (Wildman–Crippen LogP) is 0.626. The molecule has 1 aliphatic rings. The van der Waals surface area contributed by atoms with Crippen LogP contribution in [0.15, 0.2) is 0 Å². The van der Waals surface area contributed by atoms with Gasteiger partial charge in [0.05, 0.1) is 0 Å². The van der Waals surface area contributed by atoms with Crippen molar-refractivity contribution in [2.24, 2.45) is 5.41 Å². The van der Waals surface area contributed by atoms with Crippen molar-refractivity contribution in [3.8, 4) is 0 Å². The lowest BCUT2D eigenvalue weighted by Crippen LogP contribution is -2.31. The predicted molar refractivity (Wildman–Crippen MR) is 46.7 cm³/mol. The monoisotopic (exact) mass is 171 g/mol. The van der Waals surface area contributed by atoms with E-state index in [9.17, 15) is 9.90 Å². The smallest absolute Gasteiger partial charge is 0.252 e. The Morgan fingerprint density at radius 3 is 2.58 bits per heavy atom. The third kappa shape index (κ3) is 1.46. The van der Waals surface area contributed by atoms with Crippen LogP contribution in [0.1, 0.15) is 27.2 Å². The van der Waals surface area contributed by atoms with Crippen molar-refractivity contribution >= 4 is 5.91 Å². The van der Waals surface area contributed by atoms with Crippen LogP contribution in [0.2, 0.25) is 0 Å². The molecule has 0 saturated carbocycles. The number of aliphatic hydroxyl groups excluding tert-OH is 1. The minimum Gasteiger partial charge on any atom is -0.383 e. The second kappa shape index (κ2) is 3.05. The minimum atomic E-state index is -0.802. The third-order valence-corrected chi connectivity index (χ3v) is 2.38. The van der Waals surface area contributed by atoms with Crippen molar-refractivity contribution in [1.82, 2.24) is 4.90 Å². The van der Waals surface area contributed by atoms with Crippen LogP contribution in [-0.2, 0) is 4.79 Å². The molecular formula is C9H17NO2. The zero-order valence-electron chi connectivity index (χ0n) is 8.00. The first kappa shape index (κ1) is 9.52. The first-order chi connectivity index (χ1) is 5.49. The highest BCUT2D eigenvalue weighted by Gasteiger charge is 2.44. The zero-order chi connectivity index (χ0) is 9.35. The van der Waals surface area contributed by atoms with Gasteiger partial charge in [0, 0.05) is 18.5 Å². The highest BCUT2D eigenvalue weighted by Crippen LogP contribution is 2.30. The van der Waals surface area contributed by atoms with Crippen LogP contribution < -0.4 is 0 Å². The highest BCUT2D eigenvalue weighted by molar-refractivity contribution is 5.84. The summed E-state index contributed by atoms with van der Waals surface area (Å²) in [6.07, 6.45) is 0.151. The molecule has 1 fully saturated rings. The summed E-state index contributed by atoms with van der Waals surface area (Å²) in [6, 6.07) is 0. The maximum Gasteiger partial charge on any atom is 0.252 e. The fraction of sp³-hybridized carbons (Fsp3) is 0.889. The normalized spacial score (nSPS) is 28.2. The number of aliphatic hydroxyl groups is 1. The van der Waals surface area contributed by atoms with Crippen LogP contribution in [0.3, 0.4) is 0 Å². The molecule has 1 saturated heterocycles. The summed E-state index contributed by atoms with van der Waals surface area (Å²) in [5.74, 6) is -0.109. The van der Waals surface area contributed by atoms with E-state index in [1.54, 1.807) is 4.90 Å². The Hall–Kier alpha value is -0.570. The largest absolute Gasteiger partial charge is 0.383 e. The molecule has 0 bridgehead atoms. The Morgan fingerprint density at radius 1 is 1.67 bits per heavy atom. The molecule has 1 atom stereocenters. The first-order valence-corrected chi connectivity index (χ1v) is 4.46. The molecule has 0 aromatic carbocycles. The fourth-order valence-electron chi connectivity index (χ4n) is 1.62. The zero-order valence-corrected chi connectivity index (χ0v) is 8.00. The van der Waals surface area contributed by atoms with Crippen LogP contribution in [-0.4, -0.2) is 35.1 Å². The number of hydrogen-bond acceptors (Lipinski definition) is 2. The van der Waals surface area contributed by atoms with Gasteiger partial charge >= 0.3 is 0 Å². The number of carbonyl (C=O) groups is 1. The molecule has 3 nitrogen and oxygen atoms in total. The molecular weight excluding hydrogens is 154 g/mol. The van der Waals surface area contributed by atoms with Gasteiger partial charge in [0.25, 0.3) is 5.91 Å². The summed E-state index contributed by atoms with van der Waals surface area (Å²) in [4.78, 5) is 13.1. The molecule has 0 unspecified atom stereocenters. The van der Waals surface area contributed by atoms with Gasteiger partial charge in [0.15, 0.2) is 0 Å². The van der Waals surface area contributed by atoms with Gasteiger partial charge in [-0.1, -0.05) is 20.8 Å². The van der Waals surface area contributed by atoms with E-state index >= 15 is 0 Å². The minimum absolute atomic E-state index is 0.109. The van der Waals surface area contributed by atoms with Gasteiger partial charge in [-0.2, -0.15) is 0 Å². The average molecular weight is 171 g/mol. The Balaban J connectivity index is 2.68. The molecule has 1 aliphatic heterocycles. The SMILES string of the molecule is CCCN1CC(C)(C)[C@@H](O)C1=O. The van der Waals surface area contributed by atoms with Crippen molar-refractivity contribution in [3.63, 3.8) is 0 Å². The molecule has 0 aliphatic carbocycles. The van der Waals surface area contributed by atoms with Crippen molar-refractivity contribution in [1.29, 1.82) is 0 Å². The van der Waals surface area contributed by atoms with E-state index in [1.165, 1.54) is 0 Å². The lowest BCUT2D eigenvalue weighted by Gasteiger charge is -2.19. The van der Waals surface area contributed by atoms with E-state index in [-0.39, 0.29) is 11.3 Å². The number of carbonyl (C=O) groups excluding carboxylic acids is 1. The van der Waals surface area contributed by atoms with E-state index < -0.39 is 6.10 Å².